The third kappa shape index (κ3) is 10.00. The highest BCUT2D eigenvalue weighted by Crippen LogP contribution is 2.33. The van der Waals surface area contributed by atoms with Crippen molar-refractivity contribution < 1.29 is 19.4 Å². The van der Waals surface area contributed by atoms with Crippen molar-refractivity contribution in [1.82, 2.24) is 9.80 Å². The predicted molar refractivity (Wildman–Crippen MR) is 147 cm³/mol. The summed E-state index contributed by atoms with van der Waals surface area (Å²) in [4.78, 5) is 30.4. The third-order valence-electron chi connectivity index (χ3n) is 6.86. The van der Waals surface area contributed by atoms with Crippen LogP contribution in [0, 0.1) is 5.41 Å². The van der Waals surface area contributed by atoms with E-state index in [1.165, 1.54) is 23.8 Å². The maximum atomic E-state index is 13.3. The number of aliphatic hydroxyl groups is 1. The SMILES string of the molecule is CC(C)=CCC[C@]1(C)/C=C/[C@@H](OC(=O)C=C(C)C)[C@](C)(O)/C=C/C(=O)/C(CN2CCN(C)CC2)=C\C1. The van der Waals surface area contributed by atoms with Gasteiger partial charge < -0.3 is 14.7 Å². The summed E-state index contributed by atoms with van der Waals surface area (Å²) in [7, 11) is 2.12. The Labute approximate surface area is 218 Å². The van der Waals surface area contributed by atoms with Crippen LogP contribution < -0.4 is 0 Å². The molecule has 1 saturated heterocycles. The van der Waals surface area contributed by atoms with Gasteiger partial charge in [-0.25, -0.2) is 4.79 Å². The number of ether oxygens (including phenoxy) is 1. The molecule has 2 rings (SSSR count). The van der Waals surface area contributed by atoms with Crippen molar-refractivity contribution in [2.75, 3.05) is 39.8 Å². The first-order valence-corrected chi connectivity index (χ1v) is 13.0. The lowest BCUT2D eigenvalue weighted by atomic mass is 9.80. The van der Waals surface area contributed by atoms with E-state index in [4.69, 9.17) is 4.74 Å². The fourth-order valence-electron chi connectivity index (χ4n) is 4.30. The van der Waals surface area contributed by atoms with Crippen LogP contribution in [0.4, 0.5) is 0 Å². The number of esters is 1. The molecule has 1 fully saturated rings. The summed E-state index contributed by atoms with van der Waals surface area (Å²) >= 11 is 0. The van der Waals surface area contributed by atoms with Crippen LogP contribution in [0.15, 0.2) is 59.3 Å². The van der Waals surface area contributed by atoms with E-state index >= 15 is 0 Å². The summed E-state index contributed by atoms with van der Waals surface area (Å²) in [6.45, 7) is 15.9. The molecular weight excluding hydrogens is 452 g/mol. The molecule has 0 aromatic rings. The largest absolute Gasteiger partial charge is 0.452 e. The number of rotatable bonds is 7. The number of carbonyl (C=O) groups excluding carboxylic acids is 2. The fraction of sp³-hybridized carbons (Fsp3) is 0.600. The van der Waals surface area contributed by atoms with Crippen molar-refractivity contribution in [3.63, 3.8) is 0 Å². The molecule has 6 heteroatoms. The number of allylic oxidation sites excluding steroid dienone is 6. The number of nitrogens with zero attached hydrogens (tertiary/aromatic N) is 2. The Hall–Kier alpha value is -2.28. The molecule has 0 aromatic carbocycles. The van der Waals surface area contributed by atoms with Crippen LogP contribution in [0.2, 0.25) is 0 Å². The molecule has 1 aliphatic carbocycles. The molecule has 1 aliphatic heterocycles. The van der Waals surface area contributed by atoms with Crippen LogP contribution in [0.3, 0.4) is 0 Å². The first-order chi connectivity index (χ1) is 16.8. The van der Waals surface area contributed by atoms with Gasteiger partial charge in [-0.2, -0.15) is 0 Å². The minimum Gasteiger partial charge on any atom is -0.452 e. The van der Waals surface area contributed by atoms with E-state index in [2.05, 4.69) is 49.8 Å². The lowest BCUT2D eigenvalue weighted by Gasteiger charge is -2.33. The standard InChI is InChI=1S/C30H46N2O4/c1-23(2)9-8-13-29(5)14-10-25(22-32-19-17-31(7)18-20-32)26(33)11-16-30(6,35)27(12-15-29)36-28(34)21-24(3)4/h9-12,15-16,21,27,35H,8,13-14,17-20,22H2,1-7H3/b15-12+,16-11+,25-10-/t27-,29+,30-/m1/s1. The molecule has 0 saturated carbocycles. The molecule has 3 atom stereocenters. The van der Waals surface area contributed by atoms with Crippen molar-refractivity contribution in [3.8, 4) is 0 Å². The smallest absolute Gasteiger partial charge is 0.331 e. The second-order valence-corrected chi connectivity index (χ2v) is 11.3. The minimum atomic E-state index is -1.54. The van der Waals surface area contributed by atoms with Crippen molar-refractivity contribution in [3.05, 3.63) is 59.3 Å². The Kier molecular flexibility index (Phi) is 11.1. The van der Waals surface area contributed by atoms with Gasteiger partial charge in [0.1, 0.15) is 5.60 Å². The summed E-state index contributed by atoms with van der Waals surface area (Å²) in [5.41, 5.74) is 1.01. The Balaban J connectivity index is 2.42. The second kappa shape index (κ2) is 13.3. The Morgan fingerprint density at radius 3 is 2.39 bits per heavy atom. The van der Waals surface area contributed by atoms with E-state index in [9.17, 15) is 14.7 Å². The molecular formula is C30H46N2O4. The quantitative estimate of drug-likeness (QED) is 0.314. The van der Waals surface area contributed by atoms with E-state index in [1.54, 1.807) is 13.0 Å². The number of piperazine rings is 1. The van der Waals surface area contributed by atoms with Gasteiger partial charge in [-0.05, 0) is 84.6 Å². The van der Waals surface area contributed by atoms with Crippen molar-refractivity contribution in [2.24, 2.45) is 5.41 Å². The van der Waals surface area contributed by atoms with Gasteiger partial charge in [-0.3, -0.25) is 9.69 Å². The van der Waals surface area contributed by atoms with Crippen LogP contribution in [0.1, 0.15) is 60.8 Å². The summed E-state index contributed by atoms with van der Waals surface area (Å²) in [5.74, 6) is -0.628. The van der Waals surface area contributed by atoms with E-state index in [-0.39, 0.29) is 11.2 Å². The number of hydrogen-bond donors (Lipinski definition) is 1. The highest BCUT2D eigenvalue weighted by atomic mass is 16.6. The van der Waals surface area contributed by atoms with E-state index in [1.807, 2.05) is 19.9 Å². The maximum absolute atomic E-state index is 13.3. The van der Waals surface area contributed by atoms with Crippen LogP contribution in [0.25, 0.3) is 0 Å². The molecule has 1 heterocycles. The van der Waals surface area contributed by atoms with E-state index in [0.717, 1.165) is 50.2 Å². The van der Waals surface area contributed by atoms with Gasteiger partial charge >= 0.3 is 5.97 Å². The van der Waals surface area contributed by atoms with Gasteiger partial charge in [0.15, 0.2) is 11.9 Å². The van der Waals surface area contributed by atoms with E-state index in [0.29, 0.717) is 13.0 Å². The summed E-state index contributed by atoms with van der Waals surface area (Å²) < 4.78 is 5.66. The molecule has 1 N–H and O–H groups in total. The monoisotopic (exact) mass is 498 g/mol. The first-order valence-electron chi connectivity index (χ1n) is 13.0. The highest BCUT2D eigenvalue weighted by Gasteiger charge is 2.33. The van der Waals surface area contributed by atoms with Crippen LogP contribution in [0.5, 0.6) is 0 Å². The molecule has 6 nitrogen and oxygen atoms in total. The lowest BCUT2D eigenvalue weighted by molar-refractivity contribution is -0.148. The van der Waals surface area contributed by atoms with Crippen LogP contribution in [-0.4, -0.2) is 78.1 Å². The predicted octanol–water partition coefficient (Wildman–Crippen LogP) is 4.63. The van der Waals surface area contributed by atoms with Gasteiger partial charge in [-0.15, -0.1) is 0 Å². The topological polar surface area (TPSA) is 70.1 Å². The van der Waals surface area contributed by atoms with Crippen molar-refractivity contribution in [2.45, 2.75) is 72.5 Å². The summed E-state index contributed by atoms with van der Waals surface area (Å²) in [6, 6.07) is 0. The molecule has 0 unspecified atom stereocenters. The average molecular weight is 499 g/mol. The molecule has 0 aromatic heterocycles. The normalized spacial score (nSPS) is 31.4. The maximum Gasteiger partial charge on any atom is 0.331 e. The molecule has 0 amide bonds. The zero-order valence-corrected chi connectivity index (χ0v) is 23.3. The second-order valence-electron chi connectivity index (χ2n) is 11.3. The summed E-state index contributed by atoms with van der Waals surface area (Å²) in [6.07, 6.45) is 13.9. The third-order valence-corrected chi connectivity index (χ3v) is 6.86. The average Bonchev–Trinajstić information content (AvgIpc) is 2.79. The molecule has 36 heavy (non-hydrogen) atoms. The summed E-state index contributed by atoms with van der Waals surface area (Å²) in [5, 5.41) is 11.3. The zero-order valence-electron chi connectivity index (χ0n) is 23.3. The zero-order chi connectivity index (χ0) is 26.9. The Morgan fingerprint density at radius 1 is 1.11 bits per heavy atom. The molecule has 2 aliphatic rings. The lowest BCUT2D eigenvalue weighted by Crippen LogP contribution is -2.45. The molecule has 0 spiro atoms. The van der Waals surface area contributed by atoms with Gasteiger partial charge in [0.25, 0.3) is 0 Å². The fourth-order valence-corrected chi connectivity index (χ4v) is 4.30. The van der Waals surface area contributed by atoms with Crippen LogP contribution in [-0.2, 0) is 14.3 Å². The Bertz CT molecular complexity index is 925. The number of hydrogen-bond acceptors (Lipinski definition) is 6. The van der Waals surface area contributed by atoms with Gasteiger partial charge in [0.2, 0.25) is 0 Å². The molecule has 0 bridgehead atoms. The number of carbonyl (C=O) groups is 2. The number of likely N-dealkylation sites (N-methyl/N-ethyl adjacent to an activating group) is 1. The van der Waals surface area contributed by atoms with Crippen LogP contribution >= 0.6 is 0 Å². The van der Waals surface area contributed by atoms with Crippen molar-refractivity contribution >= 4 is 11.8 Å². The van der Waals surface area contributed by atoms with Crippen molar-refractivity contribution in [1.29, 1.82) is 0 Å². The van der Waals surface area contributed by atoms with Gasteiger partial charge in [-0.1, -0.05) is 36.3 Å². The van der Waals surface area contributed by atoms with Gasteiger partial charge in [0.05, 0.1) is 0 Å². The highest BCUT2D eigenvalue weighted by molar-refractivity contribution is 6.04. The van der Waals surface area contributed by atoms with Gasteiger partial charge in [0, 0.05) is 44.4 Å². The Morgan fingerprint density at radius 2 is 1.78 bits per heavy atom. The first kappa shape index (κ1) is 29.9. The minimum absolute atomic E-state index is 0.114. The van der Waals surface area contributed by atoms with E-state index < -0.39 is 17.7 Å². The molecule has 200 valence electrons. The number of ketones is 1. The molecule has 0 radical (unpaired) electrons.